The minimum Gasteiger partial charge on any atom is -0.143 e. The van der Waals surface area contributed by atoms with Crippen molar-refractivity contribution >= 4 is 56.8 Å². The molecule has 118 valence electrons. The van der Waals surface area contributed by atoms with Gasteiger partial charge in [0.2, 0.25) is 0 Å². The molecular formula is C19H17ClS3. The fourth-order valence-corrected chi connectivity index (χ4v) is 6.50. The molecule has 0 spiro atoms. The molecule has 0 radical (unpaired) electrons. The summed E-state index contributed by atoms with van der Waals surface area (Å²) in [6, 6.07) is 8.90. The highest BCUT2D eigenvalue weighted by molar-refractivity contribution is 7.21. The average Bonchev–Trinajstić information content (AvgIpc) is 3.25. The molecular weight excluding hydrogens is 360 g/mol. The zero-order valence-corrected chi connectivity index (χ0v) is 16.3. The topological polar surface area (TPSA) is 0 Å². The van der Waals surface area contributed by atoms with E-state index in [1.165, 1.54) is 55.5 Å². The summed E-state index contributed by atoms with van der Waals surface area (Å²) in [5.74, 6) is 0. The Morgan fingerprint density at radius 1 is 0.913 bits per heavy atom. The summed E-state index contributed by atoms with van der Waals surface area (Å²) in [6.07, 6.45) is 3.61. The molecule has 0 fully saturated rings. The highest BCUT2D eigenvalue weighted by Gasteiger charge is 2.23. The largest absolute Gasteiger partial charge is 0.143 e. The van der Waals surface area contributed by atoms with Crippen molar-refractivity contribution in [3.8, 4) is 9.75 Å². The van der Waals surface area contributed by atoms with Crippen LogP contribution in [0.4, 0.5) is 0 Å². The lowest BCUT2D eigenvalue weighted by atomic mass is 9.98. The van der Waals surface area contributed by atoms with Crippen molar-refractivity contribution in [1.29, 1.82) is 0 Å². The summed E-state index contributed by atoms with van der Waals surface area (Å²) in [6.45, 7) is 4.44. The minimum atomic E-state index is 0.901. The van der Waals surface area contributed by atoms with Crippen LogP contribution < -0.4 is 0 Å². The third-order valence-corrected chi connectivity index (χ3v) is 7.73. The van der Waals surface area contributed by atoms with E-state index in [1.807, 2.05) is 22.7 Å². The fraction of sp³-hybridized carbons (Fsp3) is 0.263. The summed E-state index contributed by atoms with van der Waals surface area (Å²) >= 11 is 11.7. The molecule has 4 rings (SSSR count). The quantitative estimate of drug-likeness (QED) is 0.435. The van der Waals surface area contributed by atoms with Gasteiger partial charge in [0, 0.05) is 19.5 Å². The Morgan fingerprint density at radius 2 is 1.61 bits per heavy atom. The van der Waals surface area contributed by atoms with Crippen molar-refractivity contribution in [2.75, 3.05) is 0 Å². The summed E-state index contributed by atoms with van der Waals surface area (Å²) in [4.78, 5) is 5.54. The predicted molar refractivity (Wildman–Crippen MR) is 107 cm³/mol. The van der Waals surface area contributed by atoms with Gasteiger partial charge in [-0.05, 0) is 79.0 Å². The van der Waals surface area contributed by atoms with E-state index in [9.17, 15) is 0 Å². The zero-order valence-electron chi connectivity index (χ0n) is 13.1. The maximum Gasteiger partial charge on any atom is 0.0937 e. The van der Waals surface area contributed by atoms with E-state index in [0.717, 1.165) is 4.34 Å². The summed E-state index contributed by atoms with van der Waals surface area (Å²) in [5, 5.41) is 2.15. The summed E-state index contributed by atoms with van der Waals surface area (Å²) in [5.41, 5.74) is 5.88. The maximum atomic E-state index is 6.24. The Morgan fingerprint density at radius 3 is 2.22 bits per heavy atom. The molecule has 0 nitrogen and oxygen atoms in total. The van der Waals surface area contributed by atoms with Crippen molar-refractivity contribution in [3.63, 3.8) is 0 Å². The second-order valence-corrected chi connectivity index (χ2v) is 9.98. The van der Waals surface area contributed by atoms with Gasteiger partial charge in [0.25, 0.3) is 0 Å². The second kappa shape index (κ2) is 6.21. The highest BCUT2D eigenvalue weighted by Crippen LogP contribution is 2.46. The number of hydrogen-bond acceptors (Lipinski definition) is 3. The van der Waals surface area contributed by atoms with Crippen LogP contribution in [0.2, 0.25) is 4.34 Å². The SMILES string of the molecule is Cc1sc(Cl)cc1C1=C(c2cc(-c3cccs3)sc2C)CCC1. The molecule has 3 aromatic rings. The molecule has 23 heavy (non-hydrogen) atoms. The molecule has 0 unspecified atom stereocenters. The van der Waals surface area contributed by atoms with Crippen molar-refractivity contribution in [2.45, 2.75) is 33.1 Å². The van der Waals surface area contributed by atoms with Crippen LogP contribution in [-0.2, 0) is 0 Å². The zero-order chi connectivity index (χ0) is 16.0. The Kier molecular flexibility index (Phi) is 4.22. The van der Waals surface area contributed by atoms with Crippen LogP contribution in [0.25, 0.3) is 20.9 Å². The first-order valence-electron chi connectivity index (χ1n) is 7.76. The third-order valence-electron chi connectivity index (χ3n) is 4.44. The Bertz CT molecular complexity index is 878. The van der Waals surface area contributed by atoms with Gasteiger partial charge >= 0.3 is 0 Å². The smallest absolute Gasteiger partial charge is 0.0937 e. The van der Waals surface area contributed by atoms with Gasteiger partial charge < -0.3 is 0 Å². The first-order chi connectivity index (χ1) is 11.1. The van der Waals surface area contributed by atoms with Crippen LogP contribution in [0, 0.1) is 13.8 Å². The Labute approximate surface area is 154 Å². The van der Waals surface area contributed by atoms with Crippen LogP contribution in [-0.4, -0.2) is 0 Å². The average molecular weight is 377 g/mol. The number of halogens is 1. The molecule has 0 atom stereocenters. The molecule has 4 heteroatoms. The van der Waals surface area contributed by atoms with E-state index >= 15 is 0 Å². The monoisotopic (exact) mass is 376 g/mol. The first-order valence-corrected chi connectivity index (χ1v) is 10.7. The lowest BCUT2D eigenvalue weighted by Gasteiger charge is -2.07. The predicted octanol–water partition coefficient (Wildman–Crippen LogP) is 7.90. The van der Waals surface area contributed by atoms with E-state index < -0.39 is 0 Å². The molecule has 3 heterocycles. The fourth-order valence-electron chi connectivity index (χ4n) is 3.41. The molecule has 0 amide bonds. The van der Waals surface area contributed by atoms with Gasteiger partial charge in [0.05, 0.1) is 4.34 Å². The molecule has 1 aliphatic carbocycles. The number of thiophene rings is 3. The van der Waals surface area contributed by atoms with Crippen LogP contribution in [0.1, 0.15) is 40.1 Å². The van der Waals surface area contributed by atoms with E-state index in [2.05, 4.69) is 43.5 Å². The van der Waals surface area contributed by atoms with Crippen LogP contribution in [0.15, 0.2) is 29.6 Å². The van der Waals surface area contributed by atoms with Gasteiger partial charge in [0.15, 0.2) is 0 Å². The Hall–Kier alpha value is -0.870. The Balaban J connectivity index is 1.83. The van der Waals surface area contributed by atoms with Crippen LogP contribution in [0.3, 0.4) is 0 Å². The number of aryl methyl sites for hydroxylation is 2. The van der Waals surface area contributed by atoms with Crippen molar-refractivity contribution in [2.24, 2.45) is 0 Å². The first kappa shape index (κ1) is 15.6. The van der Waals surface area contributed by atoms with Crippen molar-refractivity contribution in [3.05, 3.63) is 54.9 Å². The van der Waals surface area contributed by atoms with Crippen LogP contribution >= 0.6 is 45.6 Å². The van der Waals surface area contributed by atoms with E-state index in [4.69, 9.17) is 11.6 Å². The standard InChI is InChI=1S/C19H17ClS3/c1-11-15(9-18(22-11)17-7-4-8-21-17)13-5-3-6-14(13)16-10-19(20)23-12(16)2/h4,7-10H,3,5-6H2,1-2H3. The molecule has 3 aromatic heterocycles. The molecule has 0 N–H and O–H groups in total. The molecule has 0 saturated carbocycles. The van der Waals surface area contributed by atoms with Crippen LogP contribution in [0.5, 0.6) is 0 Å². The maximum absolute atomic E-state index is 6.24. The van der Waals surface area contributed by atoms with Crippen molar-refractivity contribution < 1.29 is 0 Å². The van der Waals surface area contributed by atoms with Gasteiger partial charge in [-0.2, -0.15) is 0 Å². The second-order valence-electron chi connectivity index (χ2n) is 5.89. The third kappa shape index (κ3) is 2.85. The van der Waals surface area contributed by atoms with Gasteiger partial charge in [-0.3, -0.25) is 0 Å². The van der Waals surface area contributed by atoms with Crippen molar-refractivity contribution in [1.82, 2.24) is 0 Å². The van der Waals surface area contributed by atoms with E-state index in [0.29, 0.717) is 0 Å². The lowest BCUT2D eigenvalue weighted by molar-refractivity contribution is 0.941. The molecule has 0 saturated heterocycles. The lowest BCUT2D eigenvalue weighted by Crippen LogP contribution is -1.86. The molecule has 1 aliphatic rings. The van der Waals surface area contributed by atoms with E-state index in [1.54, 1.807) is 16.9 Å². The number of rotatable bonds is 3. The van der Waals surface area contributed by atoms with Gasteiger partial charge in [0.1, 0.15) is 0 Å². The van der Waals surface area contributed by atoms with E-state index in [-0.39, 0.29) is 0 Å². The molecule has 0 bridgehead atoms. The highest BCUT2D eigenvalue weighted by atomic mass is 35.5. The van der Waals surface area contributed by atoms with Gasteiger partial charge in [-0.1, -0.05) is 17.7 Å². The number of allylic oxidation sites excluding steroid dienone is 2. The van der Waals surface area contributed by atoms with Gasteiger partial charge in [-0.15, -0.1) is 34.0 Å². The molecule has 0 aromatic carbocycles. The normalized spacial score (nSPS) is 14.9. The number of hydrogen-bond donors (Lipinski definition) is 0. The molecule has 0 aliphatic heterocycles. The van der Waals surface area contributed by atoms with Gasteiger partial charge in [-0.25, -0.2) is 0 Å². The minimum absolute atomic E-state index is 0.901. The summed E-state index contributed by atoms with van der Waals surface area (Å²) in [7, 11) is 0. The summed E-state index contributed by atoms with van der Waals surface area (Å²) < 4.78 is 0.901.